The predicted molar refractivity (Wildman–Crippen MR) is 50.6 cm³/mol. The molecule has 1 aliphatic rings. The van der Waals surface area contributed by atoms with E-state index in [2.05, 4.69) is 11.8 Å². The van der Waals surface area contributed by atoms with Gasteiger partial charge in [-0.3, -0.25) is 14.9 Å². The topological polar surface area (TPSA) is 66.7 Å². The van der Waals surface area contributed by atoms with E-state index in [0.717, 1.165) is 19.6 Å². The predicted octanol–water partition coefficient (Wildman–Crippen LogP) is -0.573. The first-order valence-corrected chi connectivity index (χ1v) is 4.75. The van der Waals surface area contributed by atoms with E-state index >= 15 is 0 Å². The van der Waals surface area contributed by atoms with E-state index in [1.807, 2.05) is 0 Å². The molecule has 0 aromatic heterocycles. The van der Waals surface area contributed by atoms with Gasteiger partial charge in [0.1, 0.15) is 0 Å². The highest BCUT2D eigenvalue weighted by Crippen LogP contribution is 2.01. The fourth-order valence-electron chi connectivity index (χ4n) is 1.52. The smallest absolute Gasteiger partial charge is 0.294 e. The van der Waals surface area contributed by atoms with E-state index in [9.17, 15) is 14.9 Å². The molecule has 1 rings (SSSR count). The van der Waals surface area contributed by atoms with Gasteiger partial charge in [-0.2, -0.15) is 0 Å². The quantitative estimate of drug-likeness (QED) is 0.453. The summed E-state index contributed by atoms with van der Waals surface area (Å²) < 4.78 is 0. The number of hydrogen-bond donors (Lipinski definition) is 0. The first-order chi connectivity index (χ1) is 6.63. The van der Waals surface area contributed by atoms with Gasteiger partial charge in [0, 0.05) is 31.1 Å². The summed E-state index contributed by atoms with van der Waals surface area (Å²) in [6.07, 6.45) is 0. The van der Waals surface area contributed by atoms with Crippen LogP contribution in [0.4, 0.5) is 0 Å². The highest BCUT2D eigenvalue weighted by Gasteiger charge is 2.22. The maximum absolute atomic E-state index is 11.3. The van der Waals surface area contributed by atoms with Crippen molar-refractivity contribution in [2.75, 3.05) is 39.3 Å². The third-order valence-electron chi connectivity index (χ3n) is 2.44. The molecule has 6 heteroatoms. The molecule has 0 aromatic carbocycles. The molecular weight excluding hydrogens is 186 g/mol. The molecular formula is C8H15N3O3. The Bertz CT molecular complexity index is 224. The third-order valence-corrected chi connectivity index (χ3v) is 2.44. The lowest BCUT2D eigenvalue weighted by Gasteiger charge is -2.33. The first-order valence-electron chi connectivity index (χ1n) is 4.75. The van der Waals surface area contributed by atoms with Crippen molar-refractivity contribution in [2.45, 2.75) is 6.92 Å². The van der Waals surface area contributed by atoms with Gasteiger partial charge in [-0.15, -0.1) is 0 Å². The standard InChI is InChI=1S/C8H15N3O3/c1-2-9-3-5-10(6-4-9)8(12)7-11(13)14/h2-7H2,1H3. The molecule has 0 aromatic rings. The van der Waals surface area contributed by atoms with Gasteiger partial charge in [-0.05, 0) is 6.54 Å². The van der Waals surface area contributed by atoms with Gasteiger partial charge in [0.2, 0.25) is 0 Å². The van der Waals surface area contributed by atoms with Gasteiger partial charge in [-0.1, -0.05) is 6.92 Å². The van der Waals surface area contributed by atoms with Gasteiger partial charge in [0.15, 0.2) is 0 Å². The van der Waals surface area contributed by atoms with E-state index in [4.69, 9.17) is 0 Å². The van der Waals surface area contributed by atoms with Crippen molar-refractivity contribution in [3.8, 4) is 0 Å². The minimum atomic E-state index is -0.577. The number of likely N-dealkylation sites (N-methyl/N-ethyl adjacent to an activating group) is 1. The maximum atomic E-state index is 11.3. The molecule has 0 bridgehead atoms. The zero-order chi connectivity index (χ0) is 10.6. The lowest BCUT2D eigenvalue weighted by molar-refractivity contribution is -0.468. The Hall–Kier alpha value is -1.17. The Kier molecular flexibility index (Phi) is 3.82. The molecule has 1 fully saturated rings. The Balaban J connectivity index is 2.34. The molecule has 0 spiro atoms. The van der Waals surface area contributed by atoms with Crippen molar-refractivity contribution in [3.05, 3.63) is 10.1 Å². The zero-order valence-electron chi connectivity index (χ0n) is 8.31. The van der Waals surface area contributed by atoms with E-state index in [-0.39, 0.29) is 5.91 Å². The zero-order valence-corrected chi connectivity index (χ0v) is 8.31. The summed E-state index contributed by atoms with van der Waals surface area (Å²) in [4.78, 5) is 24.6. The van der Waals surface area contributed by atoms with Gasteiger partial charge in [0.25, 0.3) is 12.5 Å². The lowest BCUT2D eigenvalue weighted by Crippen LogP contribution is -2.49. The maximum Gasteiger partial charge on any atom is 0.294 e. The van der Waals surface area contributed by atoms with Crippen LogP contribution in [0, 0.1) is 10.1 Å². The number of amides is 1. The van der Waals surface area contributed by atoms with Gasteiger partial charge < -0.3 is 9.80 Å². The minimum absolute atomic E-state index is 0.370. The van der Waals surface area contributed by atoms with E-state index in [1.54, 1.807) is 4.90 Å². The van der Waals surface area contributed by atoms with Crippen molar-refractivity contribution in [3.63, 3.8) is 0 Å². The second-order valence-electron chi connectivity index (χ2n) is 3.31. The second kappa shape index (κ2) is 4.90. The number of carbonyl (C=O) groups is 1. The molecule has 6 nitrogen and oxygen atoms in total. The van der Waals surface area contributed by atoms with Crippen molar-refractivity contribution in [2.24, 2.45) is 0 Å². The average Bonchev–Trinajstić information content (AvgIpc) is 2.17. The number of nitrogens with zero attached hydrogens (tertiary/aromatic N) is 3. The van der Waals surface area contributed by atoms with Crippen LogP contribution in [-0.2, 0) is 4.79 Å². The normalized spacial score (nSPS) is 18.2. The minimum Gasteiger partial charge on any atom is -0.334 e. The van der Waals surface area contributed by atoms with Crippen LogP contribution in [-0.4, -0.2) is 59.9 Å². The fraction of sp³-hybridized carbons (Fsp3) is 0.875. The average molecular weight is 201 g/mol. The van der Waals surface area contributed by atoms with Crippen molar-refractivity contribution in [1.29, 1.82) is 0 Å². The van der Waals surface area contributed by atoms with Crippen LogP contribution >= 0.6 is 0 Å². The van der Waals surface area contributed by atoms with E-state index in [1.165, 1.54) is 0 Å². The summed E-state index contributed by atoms with van der Waals surface area (Å²) in [5, 5.41) is 10.1. The number of piperazine rings is 1. The summed E-state index contributed by atoms with van der Waals surface area (Å²) in [7, 11) is 0. The largest absolute Gasteiger partial charge is 0.334 e. The highest BCUT2D eigenvalue weighted by atomic mass is 16.6. The van der Waals surface area contributed by atoms with Crippen LogP contribution in [0.1, 0.15) is 6.92 Å². The molecule has 0 aliphatic carbocycles. The second-order valence-corrected chi connectivity index (χ2v) is 3.31. The highest BCUT2D eigenvalue weighted by molar-refractivity contribution is 5.77. The number of carbonyl (C=O) groups excluding carboxylic acids is 1. The molecule has 0 N–H and O–H groups in total. The van der Waals surface area contributed by atoms with Crippen LogP contribution < -0.4 is 0 Å². The molecule has 1 aliphatic heterocycles. The van der Waals surface area contributed by atoms with Crippen LogP contribution in [0.15, 0.2) is 0 Å². The summed E-state index contributed by atoms with van der Waals surface area (Å²) in [5.74, 6) is -0.370. The molecule has 1 heterocycles. The van der Waals surface area contributed by atoms with Gasteiger partial charge in [0.05, 0.1) is 0 Å². The Morgan fingerprint density at radius 3 is 2.36 bits per heavy atom. The monoisotopic (exact) mass is 201 g/mol. The van der Waals surface area contributed by atoms with Crippen molar-refractivity contribution in [1.82, 2.24) is 9.80 Å². The molecule has 80 valence electrons. The number of hydrogen-bond acceptors (Lipinski definition) is 4. The Morgan fingerprint density at radius 1 is 1.36 bits per heavy atom. The molecule has 0 atom stereocenters. The molecule has 0 unspecified atom stereocenters. The summed E-state index contributed by atoms with van der Waals surface area (Å²) in [6.45, 7) is 5.32. The number of rotatable bonds is 3. The fourth-order valence-corrected chi connectivity index (χ4v) is 1.52. The molecule has 14 heavy (non-hydrogen) atoms. The lowest BCUT2D eigenvalue weighted by atomic mass is 10.3. The van der Waals surface area contributed by atoms with Gasteiger partial charge >= 0.3 is 0 Å². The summed E-state index contributed by atoms with van der Waals surface area (Å²) >= 11 is 0. The Morgan fingerprint density at radius 2 is 1.93 bits per heavy atom. The number of nitro groups is 1. The summed E-state index contributed by atoms with van der Waals surface area (Å²) in [6, 6.07) is 0. The Labute approximate surface area is 82.6 Å². The first kappa shape index (κ1) is 10.9. The molecule has 0 radical (unpaired) electrons. The van der Waals surface area contributed by atoms with Crippen LogP contribution in [0.3, 0.4) is 0 Å². The van der Waals surface area contributed by atoms with E-state index < -0.39 is 11.5 Å². The summed E-state index contributed by atoms with van der Waals surface area (Å²) in [5.41, 5.74) is 0. The third kappa shape index (κ3) is 2.95. The van der Waals surface area contributed by atoms with Gasteiger partial charge in [-0.25, -0.2) is 0 Å². The van der Waals surface area contributed by atoms with Crippen molar-refractivity contribution < 1.29 is 9.72 Å². The van der Waals surface area contributed by atoms with Crippen LogP contribution in [0.2, 0.25) is 0 Å². The van der Waals surface area contributed by atoms with Crippen LogP contribution in [0.25, 0.3) is 0 Å². The van der Waals surface area contributed by atoms with E-state index in [0.29, 0.717) is 13.1 Å². The van der Waals surface area contributed by atoms with Crippen LogP contribution in [0.5, 0.6) is 0 Å². The van der Waals surface area contributed by atoms with Crippen molar-refractivity contribution >= 4 is 5.91 Å². The molecule has 1 saturated heterocycles. The molecule has 1 amide bonds. The SMILES string of the molecule is CCN1CCN(C(=O)C[N+](=O)[O-])CC1. The molecule has 0 saturated carbocycles.